The summed E-state index contributed by atoms with van der Waals surface area (Å²) in [6, 6.07) is 0.997. The first kappa shape index (κ1) is 15.7. The molecule has 2 amide bonds. The Morgan fingerprint density at radius 1 is 1.16 bits per heavy atom. The number of amides is 2. The van der Waals surface area contributed by atoms with E-state index < -0.39 is 0 Å². The molecule has 5 rings (SSSR count). The molecular weight excluding hydrogens is 314 g/mol. The van der Waals surface area contributed by atoms with Crippen LogP contribution in [0.2, 0.25) is 0 Å². The fourth-order valence-electron chi connectivity index (χ4n) is 5.76. The van der Waals surface area contributed by atoms with Crippen LogP contribution in [0.15, 0.2) is 6.20 Å². The van der Waals surface area contributed by atoms with Crippen molar-refractivity contribution in [3.63, 3.8) is 0 Å². The van der Waals surface area contributed by atoms with Gasteiger partial charge in [0.1, 0.15) is 0 Å². The number of urea groups is 1. The summed E-state index contributed by atoms with van der Waals surface area (Å²) in [6.45, 7) is 3.81. The van der Waals surface area contributed by atoms with Crippen molar-refractivity contribution in [2.45, 2.75) is 57.0 Å². The van der Waals surface area contributed by atoms with Gasteiger partial charge in [-0.2, -0.15) is 5.10 Å². The van der Waals surface area contributed by atoms with Crippen LogP contribution in [0.5, 0.6) is 0 Å². The zero-order chi connectivity index (χ0) is 16.8. The third-order valence-corrected chi connectivity index (χ3v) is 7.11. The summed E-state index contributed by atoms with van der Waals surface area (Å²) >= 11 is 0. The molecule has 4 aliphatic rings. The lowest BCUT2D eigenvalue weighted by molar-refractivity contribution is 0.0817. The minimum absolute atomic E-state index is 0.0973. The third kappa shape index (κ3) is 2.84. The maximum atomic E-state index is 12.7. The van der Waals surface area contributed by atoms with Crippen molar-refractivity contribution >= 4 is 6.03 Å². The molecule has 1 aliphatic heterocycles. The summed E-state index contributed by atoms with van der Waals surface area (Å²) in [7, 11) is 0. The van der Waals surface area contributed by atoms with Gasteiger partial charge in [0.25, 0.3) is 0 Å². The Hall–Kier alpha value is -1.56. The van der Waals surface area contributed by atoms with Crippen molar-refractivity contribution in [2.75, 3.05) is 26.2 Å². The minimum Gasteiger partial charge on any atom is -0.330 e. The normalized spacial score (nSPS) is 35.0. The molecular formula is C19H29N5O. The Morgan fingerprint density at radius 2 is 2.04 bits per heavy atom. The summed E-state index contributed by atoms with van der Waals surface area (Å²) in [4.78, 5) is 17.4. The molecule has 1 saturated heterocycles. The smallest absolute Gasteiger partial charge is 0.318 e. The average molecular weight is 343 g/mol. The van der Waals surface area contributed by atoms with Crippen LogP contribution in [0, 0.1) is 11.8 Å². The van der Waals surface area contributed by atoms with Gasteiger partial charge in [0.15, 0.2) is 0 Å². The van der Waals surface area contributed by atoms with Gasteiger partial charge in [-0.15, -0.1) is 0 Å². The van der Waals surface area contributed by atoms with Gasteiger partial charge < -0.3 is 10.2 Å². The number of nitrogens with one attached hydrogen (secondary N) is 2. The Balaban J connectivity index is 1.16. The predicted molar refractivity (Wildman–Crippen MR) is 95.2 cm³/mol. The molecule has 2 heterocycles. The Kier molecular flexibility index (Phi) is 3.95. The Bertz CT molecular complexity index is 636. The number of fused-ring (bicyclic) bond motifs is 3. The molecule has 1 aromatic heterocycles. The van der Waals surface area contributed by atoms with E-state index in [-0.39, 0.29) is 12.1 Å². The maximum Gasteiger partial charge on any atom is 0.318 e. The van der Waals surface area contributed by atoms with Crippen LogP contribution in [-0.4, -0.2) is 58.2 Å². The highest BCUT2D eigenvalue weighted by Crippen LogP contribution is 2.46. The summed E-state index contributed by atoms with van der Waals surface area (Å²) in [5.74, 6) is 1.93. The topological polar surface area (TPSA) is 64.3 Å². The lowest BCUT2D eigenvalue weighted by Crippen LogP contribution is -2.55. The second-order valence-electron chi connectivity index (χ2n) is 8.47. The number of aromatic amines is 1. The van der Waals surface area contributed by atoms with Crippen molar-refractivity contribution in [1.82, 2.24) is 25.3 Å². The average Bonchev–Trinajstić information content (AvgIpc) is 3.38. The molecule has 0 unspecified atom stereocenters. The van der Waals surface area contributed by atoms with Gasteiger partial charge >= 0.3 is 6.03 Å². The number of hydrogen-bond acceptors (Lipinski definition) is 3. The Morgan fingerprint density at radius 3 is 2.80 bits per heavy atom. The summed E-state index contributed by atoms with van der Waals surface area (Å²) < 4.78 is 0. The van der Waals surface area contributed by atoms with E-state index in [0.29, 0.717) is 0 Å². The van der Waals surface area contributed by atoms with Crippen LogP contribution in [0.1, 0.15) is 55.8 Å². The van der Waals surface area contributed by atoms with Crippen LogP contribution < -0.4 is 5.32 Å². The van der Waals surface area contributed by atoms with Crippen molar-refractivity contribution in [1.29, 1.82) is 0 Å². The lowest BCUT2D eigenvalue weighted by Gasteiger charge is -2.41. The SMILES string of the molecule is O=C(N[C@H]1CCCc2cn[nH]c21)N1CCN([C@@H]2C[C@H]3CC[C@H]2C3)CC1. The van der Waals surface area contributed by atoms with E-state index in [1.807, 2.05) is 11.1 Å². The van der Waals surface area contributed by atoms with E-state index in [1.54, 1.807) is 0 Å². The molecule has 4 atom stereocenters. The number of rotatable bonds is 2. The van der Waals surface area contributed by atoms with Gasteiger partial charge in [0.2, 0.25) is 0 Å². The number of nitrogens with zero attached hydrogens (tertiary/aromatic N) is 3. The van der Waals surface area contributed by atoms with Gasteiger partial charge in [0, 0.05) is 32.2 Å². The monoisotopic (exact) mass is 343 g/mol. The summed E-state index contributed by atoms with van der Waals surface area (Å²) in [5, 5.41) is 10.5. The van der Waals surface area contributed by atoms with Gasteiger partial charge in [-0.05, 0) is 55.9 Å². The second kappa shape index (κ2) is 6.31. The van der Waals surface area contributed by atoms with Crippen molar-refractivity contribution in [3.8, 4) is 0 Å². The van der Waals surface area contributed by atoms with Gasteiger partial charge in [-0.1, -0.05) is 6.42 Å². The zero-order valence-electron chi connectivity index (χ0n) is 14.9. The minimum atomic E-state index is 0.0973. The highest BCUT2D eigenvalue weighted by molar-refractivity contribution is 5.75. The fourth-order valence-corrected chi connectivity index (χ4v) is 5.76. The summed E-state index contributed by atoms with van der Waals surface area (Å²) in [5.41, 5.74) is 2.37. The van der Waals surface area contributed by atoms with Gasteiger partial charge in [-0.25, -0.2) is 4.79 Å². The van der Waals surface area contributed by atoms with E-state index in [0.717, 1.165) is 69.0 Å². The molecule has 1 aromatic rings. The molecule has 6 heteroatoms. The molecule has 2 N–H and O–H groups in total. The predicted octanol–water partition coefficient (Wildman–Crippen LogP) is 2.30. The van der Waals surface area contributed by atoms with Crippen LogP contribution >= 0.6 is 0 Å². The van der Waals surface area contributed by atoms with Crippen LogP contribution in [0.4, 0.5) is 4.79 Å². The number of carbonyl (C=O) groups excluding carboxylic acids is 1. The number of carbonyl (C=O) groups is 1. The van der Waals surface area contributed by atoms with Crippen LogP contribution in [0.3, 0.4) is 0 Å². The van der Waals surface area contributed by atoms with E-state index in [1.165, 1.54) is 31.2 Å². The van der Waals surface area contributed by atoms with Crippen LogP contribution in [0.25, 0.3) is 0 Å². The quantitative estimate of drug-likeness (QED) is 0.866. The number of aromatic nitrogens is 2. The molecule has 2 saturated carbocycles. The van der Waals surface area contributed by atoms with Crippen molar-refractivity contribution in [2.24, 2.45) is 11.8 Å². The first-order valence-electron chi connectivity index (χ1n) is 10.1. The van der Waals surface area contributed by atoms with Gasteiger partial charge in [0.05, 0.1) is 17.9 Å². The van der Waals surface area contributed by atoms with Crippen molar-refractivity contribution in [3.05, 3.63) is 17.5 Å². The number of aryl methyl sites for hydroxylation is 1. The zero-order valence-corrected chi connectivity index (χ0v) is 14.9. The fraction of sp³-hybridized carbons (Fsp3) is 0.789. The Labute approximate surface area is 149 Å². The molecule has 136 valence electrons. The first-order chi connectivity index (χ1) is 12.3. The number of H-pyrrole nitrogens is 1. The third-order valence-electron chi connectivity index (χ3n) is 7.11. The molecule has 3 fully saturated rings. The maximum absolute atomic E-state index is 12.7. The molecule has 6 nitrogen and oxygen atoms in total. The molecule has 25 heavy (non-hydrogen) atoms. The second-order valence-corrected chi connectivity index (χ2v) is 8.47. The van der Waals surface area contributed by atoms with Crippen molar-refractivity contribution < 1.29 is 4.79 Å². The van der Waals surface area contributed by atoms with Crippen LogP contribution in [-0.2, 0) is 6.42 Å². The highest BCUT2D eigenvalue weighted by Gasteiger charge is 2.43. The largest absolute Gasteiger partial charge is 0.330 e. The number of hydrogen-bond donors (Lipinski definition) is 2. The first-order valence-corrected chi connectivity index (χ1v) is 10.1. The van der Waals surface area contributed by atoms with E-state index >= 15 is 0 Å². The molecule has 2 bridgehead atoms. The molecule has 0 spiro atoms. The summed E-state index contributed by atoms with van der Waals surface area (Å²) in [6.07, 6.45) is 10.9. The highest BCUT2D eigenvalue weighted by atomic mass is 16.2. The molecule has 0 radical (unpaired) electrons. The van der Waals surface area contributed by atoms with Gasteiger partial charge in [-0.3, -0.25) is 10.00 Å². The van der Waals surface area contributed by atoms with E-state index in [4.69, 9.17) is 0 Å². The molecule has 3 aliphatic carbocycles. The number of piperazine rings is 1. The molecule has 0 aromatic carbocycles. The standard InChI is InChI=1S/C19H29N5O/c25-19(21-16-3-1-2-15-12-20-22-18(15)16)24-8-6-23(7-9-24)17-11-13-4-5-14(17)10-13/h12-14,16-17H,1-11H2,(H,20,22)(H,21,25)/t13-,14-,16-,17+/m0/s1. The lowest BCUT2D eigenvalue weighted by atomic mass is 9.93. The van der Waals surface area contributed by atoms with E-state index in [2.05, 4.69) is 20.4 Å². The van der Waals surface area contributed by atoms with E-state index in [9.17, 15) is 4.79 Å².